The molecular formula is C28H27IN4O5. The first kappa shape index (κ1) is 27.1. The number of nitrogens with zero attached hydrogens (tertiary/aromatic N) is 1. The SMILES string of the molecule is CNC(=O)COc1ccc([C@H]2NC(=O)N(C(C(=O)Nc3ccc(I)cc3)[C@@H](C)c3ccccc3)C2=O)cc1. The third-order valence-electron chi connectivity index (χ3n) is 6.29. The van der Waals surface area contributed by atoms with E-state index in [-0.39, 0.29) is 12.5 Å². The smallest absolute Gasteiger partial charge is 0.325 e. The number of amides is 5. The van der Waals surface area contributed by atoms with Crippen molar-refractivity contribution in [2.45, 2.75) is 24.9 Å². The number of rotatable bonds is 9. The number of anilines is 1. The van der Waals surface area contributed by atoms with E-state index in [0.29, 0.717) is 17.0 Å². The minimum absolute atomic E-state index is 0.141. The summed E-state index contributed by atoms with van der Waals surface area (Å²) in [6.07, 6.45) is 0. The van der Waals surface area contributed by atoms with Gasteiger partial charge >= 0.3 is 6.03 Å². The van der Waals surface area contributed by atoms with Crippen molar-refractivity contribution in [2.24, 2.45) is 0 Å². The Hall–Kier alpha value is -3.93. The maximum atomic E-state index is 13.6. The molecule has 0 aromatic heterocycles. The fourth-order valence-corrected chi connectivity index (χ4v) is 4.58. The van der Waals surface area contributed by atoms with Gasteiger partial charge in [-0.15, -0.1) is 0 Å². The zero-order chi connectivity index (χ0) is 27.2. The molecule has 1 fully saturated rings. The molecule has 0 aliphatic carbocycles. The lowest BCUT2D eigenvalue weighted by molar-refractivity contribution is -0.134. The van der Waals surface area contributed by atoms with Crippen molar-refractivity contribution in [3.05, 3.63) is 93.6 Å². The fraction of sp³-hybridized carbons (Fsp3) is 0.214. The number of likely N-dealkylation sites (N-methyl/N-ethyl adjacent to an activating group) is 1. The van der Waals surface area contributed by atoms with E-state index in [0.717, 1.165) is 14.0 Å². The highest BCUT2D eigenvalue weighted by Gasteiger charge is 2.47. The Labute approximate surface area is 234 Å². The molecule has 1 aliphatic heterocycles. The van der Waals surface area contributed by atoms with Gasteiger partial charge in [-0.1, -0.05) is 49.4 Å². The third-order valence-corrected chi connectivity index (χ3v) is 7.01. The average Bonchev–Trinajstić information content (AvgIpc) is 3.22. The van der Waals surface area contributed by atoms with Crippen LogP contribution in [0.4, 0.5) is 10.5 Å². The van der Waals surface area contributed by atoms with Crippen molar-refractivity contribution in [1.82, 2.24) is 15.5 Å². The fourth-order valence-electron chi connectivity index (χ4n) is 4.22. The maximum Gasteiger partial charge on any atom is 0.325 e. The number of ether oxygens (including phenoxy) is 1. The van der Waals surface area contributed by atoms with Gasteiger partial charge in [0.1, 0.15) is 17.8 Å². The summed E-state index contributed by atoms with van der Waals surface area (Å²) < 4.78 is 6.42. The van der Waals surface area contributed by atoms with Crippen molar-refractivity contribution >= 4 is 52.0 Å². The van der Waals surface area contributed by atoms with Crippen LogP contribution < -0.4 is 20.7 Å². The van der Waals surface area contributed by atoms with Gasteiger partial charge in [0.15, 0.2) is 6.61 Å². The predicted octanol–water partition coefficient (Wildman–Crippen LogP) is 3.82. The number of benzene rings is 3. The van der Waals surface area contributed by atoms with Gasteiger partial charge in [0.25, 0.3) is 11.8 Å². The highest BCUT2D eigenvalue weighted by atomic mass is 127. The molecule has 1 aliphatic rings. The van der Waals surface area contributed by atoms with E-state index >= 15 is 0 Å². The molecule has 0 saturated carbocycles. The monoisotopic (exact) mass is 626 g/mol. The van der Waals surface area contributed by atoms with E-state index in [1.165, 1.54) is 7.05 Å². The second-order valence-electron chi connectivity index (χ2n) is 8.76. The normalized spacial score (nSPS) is 16.4. The second kappa shape index (κ2) is 12.1. The Morgan fingerprint density at radius 3 is 2.29 bits per heavy atom. The molecule has 4 rings (SSSR count). The van der Waals surface area contributed by atoms with Gasteiger partial charge in [-0.25, -0.2) is 9.69 Å². The summed E-state index contributed by atoms with van der Waals surface area (Å²) in [6, 6.07) is 20.4. The molecule has 38 heavy (non-hydrogen) atoms. The highest BCUT2D eigenvalue weighted by Crippen LogP contribution is 2.31. The van der Waals surface area contributed by atoms with Crippen LogP contribution in [0.15, 0.2) is 78.9 Å². The number of halogens is 1. The zero-order valence-electron chi connectivity index (χ0n) is 20.8. The Balaban J connectivity index is 1.59. The first-order valence-corrected chi connectivity index (χ1v) is 13.0. The highest BCUT2D eigenvalue weighted by molar-refractivity contribution is 14.1. The zero-order valence-corrected chi connectivity index (χ0v) is 23.0. The second-order valence-corrected chi connectivity index (χ2v) is 10.0. The molecule has 10 heteroatoms. The Morgan fingerprint density at radius 2 is 1.66 bits per heavy atom. The van der Waals surface area contributed by atoms with Crippen LogP contribution in [-0.4, -0.2) is 48.3 Å². The van der Waals surface area contributed by atoms with Crippen molar-refractivity contribution in [3.8, 4) is 5.75 Å². The minimum Gasteiger partial charge on any atom is -0.484 e. The standard InChI is InChI=1S/C28H27IN4O5/c1-17(18-6-4-3-5-7-18)25(26(35)31-21-12-10-20(29)11-13-21)33-27(36)24(32-28(33)37)19-8-14-22(15-9-19)38-16-23(34)30-2/h3-15,17,24-25H,16H2,1-2H3,(H,30,34)(H,31,35)(H,32,37)/t17-,24+,25?/m0/s1. The summed E-state index contributed by atoms with van der Waals surface area (Å²) in [4.78, 5) is 52.8. The van der Waals surface area contributed by atoms with E-state index < -0.39 is 35.8 Å². The van der Waals surface area contributed by atoms with Crippen molar-refractivity contribution in [1.29, 1.82) is 0 Å². The molecule has 3 N–H and O–H groups in total. The van der Waals surface area contributed by atoms with Gasteiger partial charge in [0.05, 0.1) is 0 Å². The Bertz CT molecular complexity index is 1320. The quantitative estimate of drug-likeness (QED) is 0.247. The van der Waals surface area contributed by atoms with Crippen molar-refractivity contribution in [2.75, 3.05) is 19.0 Å². The van der Waals surface area contributed by atoms with Gasteiger partial charge in [-0.2, -0.15) is 0 Å². The maximum absolute atomic E-state index is 13.6. The molecule has 5 amide bonds. The number of urea groups is 1. The van der Waals surface area contributed by atoms with Crippen LogP contribution in [0.25, 0.3) is 0 Å². The van der Waals surface area contributed by atoms with Crippen LogP contribution in [0.1, 0.15) is 30.0 Å². The van der Waals surface area contributed by atoms with Crippen LogP contribution in [0, 0.1) is 3.57 Å². The number of hydrogen-bond acceptors (Lipinski definition) is 5. The molecule has 0 bridgehead atoms. The van der Waals surface area contributed by atoms with E-state index in [4.69, 9.17) is 4.74 Å². The van der Waals surface area contributed by atoms with Crippen LogP contribution >= 0.6 is 22.6 Å². The molecule has 3 aromatic carbocycles. The van der Waals surface area contributed by atoms with Crippen molar-refractivity contribution in [3.63, 3.8) is 0 Å². The Morgan fingerprint density at radius 1 is 1.00 bits per heavy atom. The van der Waals surface area contributed by atoms with Crippen LogP contribution in [0.3, 0.4) is 0 Å². The van der Waals surface area contributed by atoms with Crippen LogP contribution in [0.2, 0.25) is 0 Å². The predicted molar refractivity (Wildman–Crippen MR) is 151 cm³/mol. The number of hydrogen-bond donors (Lipinski definition) is 3. The summed E-state index contributed by atoms with van der Waals surface area (Å²) in [7, 11) is 1.52. The largest absolute Gasteiger partial charge is 0.484 e. The van der Waals surface area contributed by atoms with E-state index in [1.807, 2.05) is 49.4 Å². The first-order valence-electron chi connectivity index (χ1n) is 12.0. The summed E-state index contributed by atoms with van der Waals surface area (Å²) in [6.45, 7) is 1.68. The molecule has 3 aromatic rings. The molecule has 3 atom stereocenters. The molecule has 0 spiro atoms. The van der Waals surface area contributed by atoms with Gasteiger partial charge in [-0.05, 0) is 70.1 Å². The number of imide groups is 1. The van der Waals surface area contributed by atoms with Crippen LogP contribution in [0.5, 0.6) is 5.75 Å². The molecule has 196 valence electrons. The minimum atomic E-state index is -1.09. The first-order chi connectivity index (χ1) is 18.3. The van der Waals surface area contributed by atoms with Gasteiger partial charge < -0.3 is 20.7 Å². The Kier molecular flexibility index (Phi) is 8.62. The summed E-state index contributed by atoms with van der Waals surface area (Å²) in [5.74, 6) is -1.30. The molecular weight excluding hydrogens is 599 g/mol. The summed E-state index contributed by atoms with van der Waals surface area (Å²) in [5.41, 5.74) is 1.91. The summed E-state index contributed by atoms with van der Waals surface area (Å²) >= 11 is 2.17. The molecule has 1 saturated heterocycles. The number of carbonyl (C=O) groups is 4. The van der Waals surface area contributed by atoms with Crippen molar-refractivity contribution < 1.29 is 23.9 Å². The topological polar surface area (TPSA) is 117 Å². The number of nitrogens with one attached hydrogen (secondary N) is 3. The average molecular weight is 626 g/mol. The summed E-state index contributed by atoms with van der Waals surface area (Å²) in [5, 5.41) is 8.05. The lowest BCUT2D eigenvalue weighted by atomic mass is 9.91. The van der Waals surface area contributed by atoms with E-state index in [1.54, 1.807) is 36.4 Å². The van der Waals surface area contributed by atoms with E-state index in [9.17, 15) is 19.2 Å². The van der Waals surface area contributed by atoms with Gasteiger partial charge in [0, 0.05) is 22.2 Å². The van der Waals surface area contributed by atoms with Crippen LogP contribution in [-0.2, 0) is 14.4 Å². The molecule has 1 unspecified atom stereocenters. The van der Waals surface area contributed by atoms with Gasteiger partial charge in [0.2, 0.25) is 5.91 Å². The lowest BCUT2D eigenvalue weighted by Crippen LogP contribution is -2.50. The number of carbonyl (C=O) groups excluding carboxylic acids is 4. The molecule has 1 heterocycles. The molecule has 9 nitrogen and oxygen atoms in total. The molecule has 0 radical (unpaired) electrons. The van der Waals surface area contributed by atoms with Gasteiger partial charge in [-0.3, -0.25) is 14.4 Å². The van der Waals surface area contributed by atoms with E-state index in [2.05, 4.69) is 38.5 Å². The lowest BCUT2D eigenvalue weighted by Gasteiger charge is -2.30. The third kappa shape index (κ3) is 6.13.